The Morgan fingerprint density at radius 3 is 2.65 bits per heavy atom. The smallest absolute Gasteiger partial charge is 0.265 e. The summed E-state index contributed by atoms with van der Waals surface area (Å²) in [4.78, 5) is 0.0260. The highest BCUT2D eigenvalue weighted by atomic mass is 127. The van der Waals surface area contributed by atoms with Gasteiger partial charge in [0, 0.05) is 9.64 Å². The number of halogens is 2. The minimum Gasteiger partial charge on any atom is -0.464 e. The molecule has 0 atom stereocenters. The SMILES string of the molecule is Cc1oc(CN)cc1S(=O)(=O)Nc1ccc(F)cc1I. The molecule has 0 saturated heterocycles. The van der Waals surface area contributed by atoms with Crippen molar-refractivity contribution in [3.05, 3.63) is 45.2 Å². The van der Waals surface area contributed by atoms with E-state index in [4.69, 9.17) is 10.2 Å². The van der Waals surface area contributed by atoms with Gasteiger partial charge in [-0.25, -0.2) is 12.8 Å². The molecule has 2 aromatic rings. The van der Waals surface area contributed by atoms with Gasteiger partial charge in [0.1, 0.15) is 22.2 Å². The van der Waals surface area contributed by atoms with E-state index in [9.17, 15) is 12.8 Å². The molecule has 3 N–H and O–H groups in total. The van der Waals surface area contributed by atoms with Gasteiger partial charge in [-0.2, -0.15) is 0 Å². The first-order valence-corrected chi connectivity index (χ1v) is 8.17. The van der Waals surface area contributed by atoms with Crippen LogP contribution in [0.3, 0.4) is 0 Å². The molecule has 5 nitrogen and oxygen atoms in total. The highest BCUT2D eigenvalue weighted by Gasteiger charge is 2.22. The van der Waals surface area contributed by atoms with Gasteiger partial charge >= 0.3 is 0 Å². The van der Waals surface area contributed by atoms with Gasteiger partial charge in [-0.15, -0.1) is 0 Å². The second-order valence-corrected chi connectivity index (χ2v) is 6.88. The number of hydrogen-bond donors (Lipinski definition) is 2. The number of nitrogens with two attached hydrogens (primary N) is 1. The van der Waals surface area contributed by atoms with Crippen LogP contribution in [0.1, 0.15) is 11.5 Å². The topological polar surface area (TPSA) is 85.3 Å². The number of hydrogen-bond acceptors (Lipinski definition) is 4. The number of sulfonamides is 1. The van der Waals surface area contributed by atoms with Gasteiger partial charge in [-0.1, -0.05) is 0 Å². The summed E-state index contributed by atoms with van der Waals surface area (Å²) in [5.41, 5.74) is 5.72. The number of rotatable bonds is 4. The third-order valence-electron chi connectivity index (χ3n) is 2.59. The van der Waals surface area contributed by atoms with Gasteiger partial charge in [0.05, 0.1) is 12.2 Å². The third kappa shape index (κ3) is 3.13. The summed E-state index contributed by atoms with van der Waals surface area (Å²) in [6.45, 7) is 1.66. The van der Waals surface area contributed by atoms with Crippen LogP contribution in [0.4, 0.5) is 10.1 Å². The van der Waals surface area contributed by atoms with E-state index in [2.05, 4.69) is 4.72 Å². The van der Waals surface area contributed by atoms with Crippen molar-refractivity contribution >= 4 is 38.3 Å². The lowest BCUT2D eigenvalue weighted by atomic mass is 10.3. The summed E-state index contributed by atoms with van der Waals surface area (Å²) in [6, 6.07) is 5.18. The van der Waals surface area contributed by atoms with Crippen LogP contribution in [0.5, 0.6) is 0 Å². The van der Waals surface area contributed by atoms with E-state index in [0.717, 1.165) is 0 Å². The molecule has 2 rings (SSSR count). The van der Waals surface area contributed by atoms with Gasteiger partial charge in [-0.3, -0.25) is 4.72 Å². The van der Waals surface area contributed by atoms with Gasteiger partial charge in [0.25, 0.3) is 10.0 Å². The van der Waals surface area contributed by atoms with Crippen molar-refractivity contribution in [2.75, 3.05) is 4.72 Å². The molecule has 0 bridgehead atoms. The summed E-state index contributed by atoms with van der Waals surface area (Å²) < 4.78 is 45.7. The Labute approximate surface area is 129 Å². The average Bonchev–Trinajstić information content (AvgIpc) is 2.75. The number of anilines is 1. The monoisotopic (exact) mass is 410 g/mol. The molecule has 0 fully saturated rings. The predicted molar refractivity (Wildman–Crippen MR) is 81.3 cm³/mol. The zero-order chi connectivity index (χ0) is 14.9. The van der Waals surface area contributed by atoms with Crippen LogP contribution in [0.15, 0.2) is 33.6 Å². The molecule has 1 heterocycles. The molecule has 8 heteroatoms. The van der Waals surface area contributed by atoms with Gasteiger partial charge in [-0.05, 0) is 47.7 Å². The van der Waals surface area contributed by atoms with Crippen molar-refractivity contribution in [3.63, 3.8) is 0 Å². The van der Waals surface area contributed by atoms with Crippen LogP contribution >= 0.6 is 22.6 Å². The molecular formula is C12H12FIN2O3S. The molecule has 0 amide bonds. The van der Waals surface area contributed by atoms with Crippen molar-refractivity contribution in [3.8, 4) is 0 Å². The maximum absolute atomic E-state index is 13.0. The number of furan rings is 1. The fraction of sp³-hybridized carbons (Fsp3) is 0.167. The molecule has 0 aliphatic rings. The summed E-state index contributed by atoms with van der Waals surface area (Å²) in [7, 11) is -3.80. The van der Waals surface area contributed by atoms with Crippen molar-refractivity contribution in [1.29, 1.82) is 0 Å². The zero-order valence-corrected chi connectivity index (χ0v) is 13.5. The molecular weight excluding hydrogens is 398 g/mol. The van der Waals surface area contributed by atoms with E-state index in [1.54, 1.807) is 6.92 Å². The molecule has 0 saturated carbocycles. The molecule has 0 aliphatic carbocycles. The minimum absolute atomic E-state index is 0.0260. The standard InChI is InChI=1S/C12H12FIN2O3S/c1-7-12(5-9(6-15)19-7)20(17,18)16-11-3-2-8(13)4-10(11)14/h2-5,16H,6,15H2,1H3. The van der Waals surface area contributed by atoms with E-state index < -0.39 is 15.8 Å². The van der Waals surface area contributed by atoms with Crippen molar-refractivity contribution in [2.24, 2.45) is 5.73 Å². The second-order valence-electron chi connectivity index (χ2n) is 4.07. The Balaban J connectivity index is 2.38. The van der Waals surface area contributed by atoms with E-state index in [1.165, 1.54) is 24.3 Å². The Morgan fingerprint density at radius 2 is 2.10 bits per heavy atom. The third-order valence-corrected chi connectivity index (χ3v) is 4.95. The van der Waals surface area contributed by atoms with Crippen LogP contribution in [-0.4, -0.2) is 8.42 Å². The lowest BCUT2D eigenvalue weighted by molar-refractivity contribution is 0.479. The molecule has 0 aliphatic heterocycles. The number of aryl methyl sites for hydroxylation is 1. The fourth-order valence-electron chi connectivity index (χ4n) is 1.66. The lowest BCUT2D eigenvalue weighted by Gasteiger charge is -2.08. The fourth-order valence-corrected chi connectivity index (χ4v) is 3.74. The van der Waals surface area contributed by atoms with Crippen LogP contribution < -0.4 is 10.5 Å². The Bertz CT molecular complexity index is 743. The highest BCUT2D eigenvalue weighted by Crippen LogP contribution is 2.25. The molecule has 1 aromatic carbocycles. The molecule has 0 unspecified atom stereocenters. The first kappa shape index (κ1) is 15.3. The maximum atomic E-state index is 13.0. The molecule has 20 heavy (non-hydrogen) atoms. The van der Waals surface area contributed by atoms with E-state index in [1.807, 2.05) is 22.6 Å². The molecule has 0 radical (unpaired) electrons. The van der Waals surface area contributed by atoms with Crippen LogP contribution in [0.25, 0.3) is 0 Å². The van der Waals surface area contributed by atoms with Crippen LogP contribution in [0, 0.1) is 16.3 Å². The summed E-state index contributed by atoms with van der Waals surface area (Å²) in [6.07, 6.45) is 0. The van der Waals surface area contributed by atoms with Crippen LogP contribution in [-0.2, 0) is 16.6 Å². The summed E-state index contributed by atoms with van der Waals surface area (Å²) in [5, 5.41) is 0. The first-order chi connectivity index (χ1) is 9.33. The first-order valence-electron chi connectivity index (χ1n) is 5.60. The quantitative estimate of drug-likeness (QED) is 0.759. The minimum atomic E-state index is -3.80. The predicted octanol–water partition coefficient (Wildman–Crippen LogP) is 2.59. The molecule has 1 aromatic heterocycles. The van der Waals surface area contributed by atoms with Crippen molar-refractivity contribution < 1.29 is 17.2 Å². The second kappa shape index (κ2) is 5.70. The van der Waals surface area contributed by atoms with Gasteiger partial charge < -0.3 is 10.2 Å². The van der Waals surface area contributed by atoms with Gasteiger partial charge in [0.2, 0.25) is 0 Å². The van der Waals surface area contributed by atoms with Crippen molar-refractivity contribution in [2.45, 2.75) is 18.4 Å². The average molecular weight is 410 g/mol. The number of nitrogens with one attached hydrogen (secondary N) is 1. The Hall–Kier alpha value is -1.13. The molecule has 108 valence electrons. The molecule has 0 spiro atoms. The Morgan fingerprint density at radius 1 is 1.40 bits per heavy atom. The maximum Gasteiger partial charge on any atom is 0.265 e. The normalized spacial score (nSPS) is 11.6. The van der Waals surface area contributed by atoms with Crippen molar-refractivity contribution in [1.82, 2.24) is 0 Å². The summed E-state index contributed by atoms with van der Waals surface area (Å²) in [5.74, 6) is 0.217. The van der Waals surface area contributed by atoms with Gasteiger partial charge in [0.15, 0.2) is 0 Å². The largest absolute Gasteiger partial charge is 0.464 e. The number of benzene rings is 1. The van der Waals surface area contributed by atoms with E-state index in [0.29, 0.717) is 15.0 Å². The van der Waals surface area contributed by atoms with Crippen LogP contribution in [0.2, 0.25) is 0 Å². The highest BCUT2D eigenvalue weighted by molar-refractivity contribution is 14.1. The zero-order valence-electron chi connectivity index (χ0n) is 10.5. The van der Waals surface area contributed by atoms with E-state index in [-0.39, 0.29) is 17.2 Å². The Kier molecular flexibility index (Phi) is 4.35. The van der Waals surface area contributed by atoms with E-state index >= 15 is 0 Å². The lowest BCUT2D eigenvalue weighted by Crippen LogP contribution is -2.14. The summed E-state index contributed by atoms with van der Waals surface area (Å²) >= 11 is 1.86.